The molecule has 0 aliphatic carbocycles. The fourth-order valence-electron chi connectivity index (χ4n) is 1.16. The van der Waals surface area contributed by atoms with Gasteiger partial charge in [0.2, 0.25) is 5.41 Å². The average molecular weight is 197 g/mol. The quantitative estimate of drug-likeness (QED) is 0.496. The van der Waals surface area contributed by atoms with Crippen LogP contribution in [0.3, 0.4) is 0 Å². The molecule has 0 unspecified atom stereocenters. The van der Waals surface area contributed by atoms with E-state index < -0.39 is 17.4 Å². The number of dihydropyridines is 1. The number of carbonyl (C=O) groups is 2. The topological polar surface area (TPSA) is 64.6 Å². The zero-order valence-corrected chi connectivity index (χ0v) is 7.94. The summed E-state index contributed by atoms with van der Waals surface area (Å²) < 4.78 is 9.09. The van der Waals surface area contributed by atoms with Crippen LogP contribution in [0.2, 0.25) is 0 Å². The van der Waals surface area contributed by atoms with E-state index in [0.717, 1.165) is 0 Å². The molecule has 5 heteroatoms. The fourth-order valence-corrected chi connectivity index (χ4v) is 1.16. The number of hydrogen-bond acceptors (Lipinski definition) is 5. The Morgan fingerprint density at radius 3 is 1.86 bits per heavy atom. The molecule has 0 bridgehead atoms. The van der Waals surface area contributed by atoms with Gasteiger partial charge in [-0.3, -0.25) is 9.59 Å². The van der Waals surface area contributed by atoms with Crippen LogP contribution in [0, 0.1) is 5.41 Å². The van der Waals surface area contributed by atoms with Gasteiger partial charge in [0.1, 0.15) is 0 Å². The molecule has 0 radical (unpaired) electrons. The van der Waals surface area contributed by atoms with Gasteiger partial charge in [-0.05, 0) is 24.6 Å². The maximum Gasteiger partial charge on any atom is 0.331 e. The monoisotopic (exact) mass is 197 g/mol. The highest BCUT2D eigenvalue weighted by atomic mass is 16.5. The van der Waals surface area contributed by atoms with Crippen molar-refractivity contribution in [2.75, 3.05) is 14.2 Å². The number of ether oxygens (including phenoxy) is 2. The van der Waals surface area contributed by atoms with Crippen molar-refractivity contribution in [2.45, 2.75) is 0 Å². The summed E-state index contributed by atoms with van der Waals surface area (Å²) in [6, 6.07) is 0. The van der Waals surface area contributed by atoms with Gasteiger partial charge < -0.3 is 14.8 Å². The Hall–Kier alpha value is -1.78. The molecule has 0 spiro atoms. The van der Waals surface area contributed by atoms with Crippen molar-refractivity contribution >= 4 is 11.9 Å². The minimum absolute atomic E-state index is 0.668. The van der Waals surface area contributed by atoms with E-state index in [2.05, 4.69) is 14.8 Å². The van der Waals surface area contributed by atoms with Gasteiger partial charge in [0.05, 0.1) is 14.2 Å². The van der Waals surface area contributed by atoms with E-state index in [-0.39, 0.29) is 0 Å². The highest BCUT2D eigenvalue weighted by molar-refractivity contribution is 6.04. The second-order valence-corrected chi connectivity index (χ2v) is 2.69. The van der Waals surface area contributed by atoms with Crippen molar-refractivity contribution in [3.8, 4) is 0 Å². The Balaban J connectivity index is 3.07. The van der Waals surface area contributed by atoms with Crippen molar-refractivity contribution in [1.82, 2.24) is 5.32 Å². The molecule has 0 aromatic carbocycles. The van der Waals surface area contributed by atoms with Crippen molar-refractivity contribution in [2.24, 2.45) is 5.41 Å². The van der Waals surface area contributed by atoms with Crippen LogP contribution in [-0.2, 0) is 19.1 Å². The SMILES string of the molecule is COC(=O)C1(C(=O)OC)C=CNC=C1. The van der Waals surface area contributed by atoms with Crippen LogP contribution in [-0.4, -0.2) is 26.2 Å². The first-order valence-corrected chi connectivity index (χ1v) is 3.95. The fraction of sp³-hybridized carbons (Fsp3) is 0.333. The molecular weight excluding hydrogens is 186 g/mol. The van der Waals surface area contributed by atoms with Crippen LogP contribution in [0.25, 0.3) is 0 Å². The molecule has 1 N–H and O–H groups in total. The van der Waals surface area contributed by atoms with Gasteiger partial charge in [0, 0.05) is 0 Å². The van der Waals surface area contributed by atoms with Gasteiger partial charge in [0.25, 0.3) is 0 Å². The Labute approximate surface area is 81.4 Å². The second kappa shape index (κ2) is 3.95. The van der Waals surface area contributed by atoms with Crippen molar-refractivity contribution in [1.29, 1.82) is 0 Å². The van der Waals surface area contributed by atoms with Gasteiger partial charge >= 0.3 is 11.9 Å². The molecule has 0 aromatic rings. The predicted molar refractivity (Wildman–Crippen MR) is 47.9 cm³/mol. The summed E-state index contributed by atoms with van der Waals surface area (Å²) in [6.45, 7) is 0. The molecule has 76 valence electrons. The van der Waals surface area contributed by atoms with Gasteiger partial charge in [-0.25, -0.2) is 0 Å². The standard InChI is InChI=1S/C9H11NO4/c1-13-7(11)9(8(12)14-2)3-5-10-6-4-9/h3-6,10H,1-2H3. The van der Waals surface area contributed by atoms with E-state index in [1.807, 2.05) is 0 Å². The lowest BCUT2D eigenvalue weighted by Gasteiger charge is -2.22. The Morgan fingerprint density at radius 2 is 1.50 bits per heavy atom. The minimum atomic E-state index is -1.45. The van der Waals surface area contributed by atoms with Crippen molar-refractivity contribution < 1.29 is 19.1 Å². The molecular formula is C9H11NO4. The second-order valence-electron chi connectivity index (χ2n) is 2.69. The van der Waals surface area contributed by atoms with E-state index in [1.54, 1.807) is 0 Å². The zero-order valence-electron chi connectivity index (χ0n) is 7.94. The molecule has 5 nitrogen and oxygen atoms in total. The van der Waals surface area contributed by atoms with Crippen molar-refractivity contribution in [3.63, 3.8) is 0 Å². The number of rotatable bonds is 2. The summed E-state index contributed by atoms with van der Waals surface area (Å²) in [5.74, 6) is -1.34. The first kappa shape index (κ1) is 10.3. The molecule has 0 atom stereocenters. The zero-order chi connectivity index (χ0) is 10.6. The summed E-state index contributed by atoms with van der Waals surface area (Å²) >= 11 is 0. The van der Waals surface area contributed by atoms with E-state index in [9.17, 15) is 9.59 Å². The summed E-state index contributed by atoms with van der Waals surface area (Å²) in [7, 11) is 2.44. The third kappa shape index (κ3) is 1.48. The Bertz CT molecular complexity index is 276. The molecule has 0 amide bonds. The first-order valence-electron chi connectivity index (χ1n) is 3.95. The summed E-state index contributed by atoms with van der Waals surface area (Å²) in [4.78, 5) is 22.9. The lowest BCUT2D eigenvalue weighted by atomic mass is 9.87. The molecule has 0 fully saturated rings. The van der Waals surface area contributed by atoms with Gasteiger partial charge in [-0.1, -0.05) is 0 Å². The van der Waals surface area contributed by atoms with E-state index >= 15 is 0 Å². The normalized spacial score (nSPS) is 17.0. The molecule has 1 aliphatic heterocycles. The lowest BCUT2D eigenvalue weighted by molar-refractivity contribution is -0.161. The third-order valence-electron chi connectivity index (χ3n) is 1.93. The molecule has 14 heavy (non-hydrogen) atoms. The molecule has 1 aliphatic rings. The lowest BCUT2D eigenvalue weighted by Crippen LogP contribution is -2.39. The van der Waals surface area contributed by atoms with Crippen LogP contribution in [0.4, 0.5) is 0 Å². The summed E-state index contributed by atoms with van der Waals surface area (Å²) in [5, 5.41) is 2.72. The smallest absolute Gasteiger partial charge is 0.331 e. The van der Waals surface area contributed by atoms with Gasteiger partial charge in [-0.15, -0.1) is 0 Å². The minimum Gasteiger partial charge on any atom is -0.468 e. The molecule has 0 aromatic heterocycles. The number of carbonyl (C=O) groups excluding carboxylic acids is 2. The van der Waals surface area contributed by atoms with Crippen LogP contribution in [0.5, 0.6) is 0 Å². The largest absolute Gasteiger partial charge is 0.468 e. The van der Waals surface area contributed by atoms with Crippen LogP contribution < -0.4 is 5.32 Å². The Kier molecular flexibility index (Phi) is 2.91. The molecule has 0 saturated carbocycles. The average Bonchev–Trinajstić information content (AvgIpc) is 2.27. The highest BCUT2D eigenvalue weighted by Gasteiger charge is 2.44. The molecule has 1 rings (SSSR count). The van der Waals surface area contributed by atoms with Crippen LogP contribution >= 0.6 is 0 Å². The number of nitrogens with one attached hydrogen (secondary N) is 1. The van der Waals surface area contributed by atoms with Gasteiger partial charge in [-0.2, -0.15) is 0 Å². The molecule has 1 heterocycles. The van der Waals surface area contributed by atoms with E-state index in [0.29, 0.717) is 0 Å². The maximum atomic E-state index is 11.4. The van der Waals surface area contributed by atoms with Crippen LogP contribution in [0.15, 0.2) is 24.6 Å². The maximum absolute atomic E-state index is 11.4. The Morgan fingerprint density at radius 1 is 1.07 bits per heavy atom. The van der Waals surface area contributed by atoms with Crippen LogP contribution in [0.1, 0.15) is 0 Å². The van der Waals surface area contributed by atoms with Crippen molar-refractivity contribution in [3.05, 3.63) is 24.6 Å². The number of methoxy groups -OCH3 is 2. The summed E-state index contributed by atoms with van der Waals surface area (Å²) in [6.07, 6.45) is 5.75. The third-order valence-corrected chi connectivity index (χ3v) is 1.93. The highest BCUT2D eigenvalue weighted by Crippen LogP contribution is 2.26. The first-order chi connectivity index (χ1) is 6.67. The number of hydrogen-bond donors (Lipinski definition) is 1. The predicted octanol–water partition coefficient (Wildman–Crippen LogP) is -0.0506. The summed E-state index contributed by atoms with van der Waals surface area (Å²) in [5.41, 5.74) is -1.45. The van der Waals surface area contributed by atoms with E-state index in [4.69, 9.17) is 0 Å². The van der Waals surface area contributed by atoms with Gasteiger partial charge in [0.15, 0.2) is 0 Å². The van der Waals surface area contributed by atoms with E-state index in [1.165, 1.54) is 38.8 Å². The number of esters is 2. The molecule has 0 saturated heterocycles.